The van der Waals surface area contributed by atoms with Crippen molar-refractivity contribution in [2.24, 2.45) is 0 Å². The maximum Gasteiger partial charge on any atom is 0.560 e. The summed E-state index contributed by atoms with van der Waals surface area (Å²) in [7, 11) is 1.75. The van der Waals surface area contributed by atoms with E-state index in [0.717, 1.165) is 0 Å². The van der Waals surface area contributed by atoms with E-state index in [1.54, 1.807) is 7.18 Å². The summed E-state index contributed by atoms with van der Waals surface area (Å²) in [4.78, 5) is 0. The molecule has 0 bridgehead atoms. The normalized spacial score (nSPS) is 3.20. The van der Waals surface area contributed by atoms with Gasteiger partial charge in [0.05, 0.1) is 0 Å². The van der Waals surface area contributed by atoms with Crippen molar-refractivity contribution in [1.29, 1.82) is 0 Å². The van der Waals surface area contributed by atoms with Gasteiger partial charge in [-0.2, -0.15) is 0 Å². The van der Waals surface area contributed by atoms with E-state index in [1.807, 2.05) is 0 Å². The molecule has 4 heteroatoms. The van der Waals surface area contributed by atoms with Gasteiger partial charge in [0.25, 0.3) is 0 Å². The van der Waals surface area contributed by atoms with E-state index in [4.69, 9.17) is 0 Å². The summed E-state index contributed by atoms with van der Waals surface area (Å²) in [6, 6.07) is 0. The molecule has 0 saturated carbocycles. The van der Waals surface area contributed by atoms with E-state index in [2.05, 4.69) is 25.8 Å². The highest BCUT2D eigenvalue weighted by Crippen LogP contribution is 1.77. The van der Waals surface area contributed by atoms with Gasteiger partial charge in [0.15, 0.2) is 0 Å². The van der Waals surface area contributed by atoms with Crippen molar-refractivity contribution < 1.29 is 4.39 Å². The third kappa shape index (κ3) is 27.6. The molecule has 0 fully saturated rings. The molecule has 0 amide bonds. The van der Waals surface area contributed by atoms with Crippen LogP contribution < -0.4 is 0 Å². The predicted octanol–water partition coefficient (Wildman–Crippen LogP) is 2.06. The molecule has 0 aliphatic rings. The van der Waals surface area contributed by atoms with E-state index in [-0.39, 0.29) is 16.0 Å². The van der Waals surface area contributed by atoms with E-state index in [0.29, 0.717) is 0 Å². The fourth-order valence-corrected chi connectivity index (χ4v) is 0. The van der Waals surface area contributed by atoms with Crippen LogP contribution in [0.2, 0.25) is 0 Å². The summed E-state index contributed by atoms with van der Waals surface area (Å²) >= 11 is 6.44. The smallest absolute Gasteiger partial charge is 0.280 e. The Morgan fingerprint density at radius 1 is 1.40 bits per heavy atom. The molecule has 0 saturated heterocycles. The Labute approximate surface area is 53.0 Å². The molecular formula is CH2Br2FMg. The number of hydrogen-bond donors (Lipinski definition) is 0. The number of halogens is 3. The first-order valence-corrected chi connectivity index (χ1v) is 8.60. The van der Waals surface area contributed by atoms with E-state index in [1.165, 1.54) is 0 Å². The molecule has 5 heavy (non-hydrogen) atoms. The topological polar surface area (TPSA) is 0 Å². The van der Waals surface area contributed by atoms with E-state index < -0.39 is 0 Å². The molecule has 0 heterocycles. The SMILES string of the molecule is [Br][Mg][Br].[CH2]F. The maximum absolute atomic E-state index is 9.25. The average Bonchev–Trinajstić information content (AvgIpc) is 1.46. The number of rotatable bonds is 0. The highest BCUT2D eigenvalue weighted by Gasteiger charge is 1.62. The molecule has 0 aliphatic heterocycles. The van der Waals surface area contributed by atoms with Crippen LogP contribution in [0, 0.1) is 7.18 Å². The zero-order valence-corrected chi connectivity index (χ0v) is 7.13. The lowest BCUT2D eigenvalue weighted by Crippen LogP contribution is -1.31. The largest absolute Gasteiger partial charge is 0.560 e. The van der Waals surface area contributed by atoms with Crippen LogP contribution in [-0.2, 0) is 0 Å². The van der Waals surface area contributed by atoms with Crippen LogP contribution in [0.15, 0.2) is 0 Å². The standard InChI is InChI=1S/CH2F.2BrH.Mg/c1-2;;;/h1H2;2*1H;/q;;;+2/p-2. The Morgan fingerprint density at radius 3 is 1.40 bits per heavy atom. The van der Waals surface area contributed by atoms with Gasteiger partial charge in [-0.05, 0) is 0 Å². The molecule has 0 nitrogen and oxygen atoms in total. The highest BCUT2D eigenvalue weighted by molar-refractivity contribution is 9.47. The third-order valence-corrected chi connectivity index (χ3v) is 0. The Balaban J connectivity index is 0. The van der Waals surface area contributed by atoms with Crippen LogP contribution in [0.25, 0.3) is 0 Å². The summed E-state index contributed by atoms with van der Waals surface area (Å²) in [5, 5.41) is 0. The van der Waals surface area contributed by atoms with Gasteiger partial charge >= 0.3 is 16.0 Å². The monoisotopic (exact) mass is 215 g/mol. The second kappa shape index (κ2) is 17.4. The van der Waals surface area contributed by atoms with Crippen molar-refractivity contribution in [3.8, 4) is 0 Å². The molecule has 0 N–H and O–H groups in total. The van der Waals surface area contributed by atoms with Crippen LogP contribution >= 0.6 is 25.8 Å². The molecule has 0 unspecified atom stereocenters. The number of hydrogen-bond acceptors (Lipinski definition) is 0. The minimum Gasteiger partial charge on any atom is -0.280 e. The van der Waals surface area contributed by atoms with Gasteiger partial charge < -0.3 is 0 Å². The fourth-order valence-electron chi connectivity index (χ4n) is 0. The van der Waals surface area contributed by atoms with Crippen molar-refractivity contribution in [2.45, 2.75) is 0 Å². The van der Waals surface area contributed by atoms with Gasteiger partial charge in [-0.15, -0.1) is 0 Å². The van der Waals surface area contributed by atoms with Gasteiger partial charge in [0.1, 0.15) is 7.18 Å². The van der Waals surface area contributed by atoms with Crippen molar-refractivity contribution in [1.82, 2.24) is 0 Å². The van der Waals surface area contributed by atoms with Crippen LogP contribution in [0.4, 0.5) is 4.39 Å². The van der Waals surface area contributed by atoms with Gasteiger partial charge in [-0.3, -0.25) is 25.8 Å². The lowest BCUT2D eigenvalue weighted by molar-refractivity contribution is 0.713. The Kier molecular flexibility index (Phi) is 34.1. The molecular weight excluding hydrogens is 215 g/mol. The quantitative estimate of drug-likeness (QED) is 0.545. The Bertz CT molecular complexity index is 9.61. The first-order valence-electron chi connectivity index (χ1n) is 0.802. The Hall–Kier alpha value is 1.66. The lowest BCUT2D eigenvalue weighted by Gasteiger charge is -1.33. The van der Waals surface area contributed by atoms with Gasteiger partial charge in [0, 0.05) is 0 Å². The van der Waals surface area contributed by atoms with Crippen LogP contribution in [0.3, 0.4) is 0 Å². The van der Waals surface area contributed by atoms with E-state index in [9.17, 15) is 4.39 Å². The molecule has 1 radical (unpaired) electrons. The Morgan fingerprint density at radius 2 is 1.40 bits per heavy atom. The van der Waals surface area contributed by atoms with Crippen molar-refractivity contribution in [3.63, 3.8) is 0 Å². The van der Waals surface area contributed by atoms with Crippen molar-refractivity contribution in [2.75, 3.05) is 0 Å². The van der Waals surface area contributed by atoms with Crippen molar-refractivity contribution in [3.05, 3.63) is 7.18 Å². The van der Waals surface area contributed by atoms with Crippen LogP contribution in [0.5, 0.6) is 0 Å². The summed E-state index contributed by atoms with van der Waals surface area (Å²) in [6.07, 6.45) is 0. The lowest BCUT2D eigenvalue weighted by atomic mass is 11.9. The molecule has 0 aliphatic carbocycles. The molecule has 29 valence electrons. The van der Waals surface area contributed by atoms with Gasteiger partial charge in [0.2, 0.25) is 0 Å². The average molecular weight is 217 g/mol. The second-order valence-corrected chi connectivity index (χ2v) is 8.18. The molecule has 0 rings (SSSR count). The summed E-state index contributed by atoms with van der Waals surface area (Å²) in [5.74, 6) is 0. The minimum absolute atomic E-state index is 0.0417. The zero-order valence-electron chi connectivity index (χ0n) is 2.55. The van der Waals surface area contributed by atoms with Gasteiger partial charge in [-0.1, -0.05) is 0 Å². The van der Waals surface area contributed by atoms with Crippen molar-refractivity contribution >= 4 is 41.8 Å². The first kappa shape index (κ1) is 9.82. The molecule has 0 spiro atoms. The van der Waals surface area contributed by atoms with Crippen LogP contribution in [-0.4, -0.2) is 16.0 Å². The molecule has 0 aromatic heterocycles. The van der Waals surface area contributed by atoms with Crippen LogP contribution in [0.1, 0.15) is 0 Å². The summed E-state index contributed by atoms with van der Waals surface area (Å²) in [5.41, 5.74) is 0. The summed E-state index contributed by atoms with van der Waals surface area (Å²) in [6.45, 7) is 0. The van der Waals surface area contributed by atoms with Gasteiger partial charge in [-0.25, -0.2) is 4.39 Å². The summed E-state index contributed by atoms with van der Waals surface area (Å²) < 4.78 is 9.25. The van der Waals surface area contributed by atoms with E-state index >= 15 is 0 Å². The maximum atomic E-state index is 9.25. The highest BCUT2D eigenvalue weighted by atomic mass is 79.9. The molecule has 0 atom stereocenters. The second-order valence-electron chi connectivity index (χ2n) is 0.101. The third-order valence-electron chi connectivity index (χ3n) is 0. The first-order chi connectivity index (χ1) is 2.41. The fraction of sp³-hybridized carbons (Fsp3) is 0. The molecule has 0 aromatic rings. The predicted molar refractivity (Wildman–Crippen MR) is 30.1 cm³/mol. The molecule has 0 aromatic carbocycles. The minimum atomic E-state index is 0.0417. The zero-order chi connectivity index (χ0) is 4.71.